The molecule has 1 aromatic heterocycles. The molecule has 1 N–H and O–H groups in total. The Balaban J connectivity index is 2.72. The van der Waals surface area contributed by atoms with Gasteiger partial charge in [0.2, 0.25) is 0 Å². The number of rotatable bonds is 7. The first-order valence-electron chi connectivity index (χ1n) is 7.50. The van der Waals surface area contributed by atoms with Gasteiger partial charge in [-0.25, -0.2) is 0 Å². The van der Waals surface area contributed by atoms with Crippen LogP contribution >= 0.6 is 0 Å². The van der Waals surface area contributed by atoms with Crippen LogP contribution in [-0.2, 0) is 0 Å². The van der Waals surface area contributed by atoms with Crippen LogP contribution in [0.15, 0.2) is 4.52 Å². The number of aromatic nitrogens is 1. The van der Waals surface area contributed by atoms with E-state index in [1.54, 1.807) is 0 Å². The molecular formula is C16H30N2O. The minimum absolute atomic E-state index is 0.300. The average Bonchev–Trinajstić information content (AvgIpc) is 2.56. The zero-order chi connectivity index (χ0) is 14.6. The Morgan fingerprint density at radius 2 is 1.53 bits per heavy atom. The molecule has 1 heterocycles. The summed E-state index contributed by atoms with van der Waals surface area (Å²) in [6.07, 6.45) is 2.43. The number of hydrogen-bond acceptors (Lipinski definition) is 3. The van der Waals surface area contributed by atoms with Crippen molar-refractivity contribution in [2.75, 3.05) is 0 Å². The molecule has 0 aliphatic heterocycles. The predicted molar refractivity (Wildman–Crippen MR) is 80.2 cm³/mol. The summed E-state index contributed by atoms with van der Waals surface area (Å²) in [5, 5.41) is 7.82. The second-order valence-electron chi connectivity index (χ2n) is 6.58. The summed E-state index contributed by atoms with van der Waals surface area (Å²) in [5.74, 6) is 2.37. The average molecular weight is 266 g/mol. The van der Waals surface area contributed by atoms with Gasteiger partial charge < -0.3 is 9.84 Å². The van der Waals surface area contributed by atoms with Crippen molar-refractivity contribution in [3.05, 3.63) is 17.0 Å². The second-order valence-corrected chi connectivity index (χ2v) is 6.58. The van der Waals surface area contributed by atoms with E-state index < -0.39 is 0 Å². The lowest BCUT2D eigenvalue weighted by molar-refractivity contribution is 0.332. The van der Waals surface area contributed by atoms with E-state index in [0.29, 0.717) is 23.9 Å². The van der Waals surface area contributed by atoms with E-state index in [-0.39, 0.29) is 0 Å². The van der Waals surface area contributed by atoms with Crippen LogP contribution in [-0.4, -0.2) is 11.2 Å². The molecule has 3 nitrogen and oxygen atoms in total. The lowest BCUT2D eigenvalue weighted by Crippen LogP contribution is -2.34. The van der Waals surface area contributed by atoms with Crippen molar-refractivity contribution < 1.29 is 4.52 Å². The van der Waals surface area contributed by atoms with Crippen molar-refractivity contribution in [3.63, 3.8) is 0 Å². The first-order chi connectivity index (χ1) is 8.81. The highest BCUT2D eigenvalue weighted by Crippen LogP contribution is 2.23. The maximum absolute atomic E-state index is 5.27. The van der Waals surface area contributed by atoms with Gasteiger partial charge in [0.1, 0.15) is 5.76 Å². The molecule has 0 aliphatic carbocycles. The van der Waals surface area contributed by atoms with Gasteiger partial charge in [-0.1, -0.05) is 32.9 Å². The molecule has 0 bridgehead atoms. The van der Waals surface area contributed by atoms with E-state index in [4.69, 9.17) is 4.52 Å². The van der Waals surface area contributed by atoms with E-state index >= 15 is 0 Å². The molecule has 0 saturated heterocycles. The summed E-state index contributed by atoms with van der Waals surface area (Å²) >= 11 is 0. The zero-order valence-corrected chi connectivity index (χ0v) is 13.6. The summed E-state index contributed by atoms with van der Waals surface area (Å²) in [5.41, 5.74) is 2.22. The van der Waals surface area contributed by atoms with Crippen LogP contribution < -0.4 is 5.32 Å². The molecule has 0 saturated carbocycles. The predicted octanol–water partition coefficient (Wildman–Crippen LogP) is 4.40. The van der Waals surface area contributed by atoms with Crippen LogP contribution in [0.3, 0.4) is 0 Å². The lowest BCUT2D eigenvalue weighted by atomic mass is 9.94. The van der Waals surface area contributed by atoms with Crippen LogP contribution in [0.5, 0.6) is 0 Å². The summed E-state index contributed by atoms with van der Waals surface area (Å²) in [4.78, 5) is 0. The van der Waals surface area contributed by atoms with Crippen molar-refractivity contribution >= 4 is 0 Å². The van der Waals surface area contributed by atoms with Crippen molar-refractivity contribution in [3.8, 4) is 0 Å². The first kappa shape index (κ1) is 16.2. The van der Waals surface area contributed by atoms with Crippen LogP contribution in [0.1, 0.15) is 70.5 Å². The molecule has 1 aromatic rings. The standard InChI is InChI=1S/C16H30N2O/c1-10(2)8-15(9-11(3)4)17-12(5)16-13(6)18-19-14(16)7/h10-12,15,17H,8-9H2,1-7H3. The molecule has 0 spiro atoms. The molecule has 3 heteroatoms. The monoisotopic (exact) mass is 266 g/mol. The quantitative estimate of drug-likeness (QED) is 0.794. The highest BCUT2D eigenvalue weighted by atomic mass is 16.5. The van der Waals surface area contributed by atoms with Crippen LogP contribution in [0.2, 0.25) is 0 Å². The van der Waals surface area contributed by atoms with Gasteiger partial charge in [-0.2, -0.15) is 0 Å². The molecule has 0 fully saturated rings. The summed E-state index contributed by atoms with van der Waals surface area (Å²) in [6, 6.07) is 0.859. The third-order valence-corrected chi connectivity index (χ3v) is 3.52. The van der Waals surface area contributed by atoms with Gasteiger partial charge in [-0.05, 0) is 45.4 Å². The van der Waals surface area contributed by atoms with Crippen molar-refractivity contribution in [2.45, 2.75) is 73.4 Å². The molecule has 1 unspecified atom stereocenters. The van der Waals surface area contributed by atoms with Crippen molar-refractivity contribution in [1.82, 2.24) is 10.5 Å². The van der Waals surface area contributed by atoms with Crippen molar-refractivity contribution in [1.29, 1.82) is 0 Å². The summed E-state index contributed by atoms with van der Waals surface area (Å²) in [6.45, 7) is 15.4. The Hall–Kier alpha value is -0.830. The number of hydrogen-bond donors (Lipinski definition) is 1. The van der Waals surface area contributed by atoms with Gasteiger partial charge in [-0.3, -0.25) is 0 Å². The summed E-state index contributed by atoms with van der Waals surface area (Å²) in [7, 11) is 0. The van der Waals surface area contributed by atoms with E-state index in [2.05, 4.69) is 45.1 Å². The fourth-order valence-electron chi connectivity index (χ4n) is 2.92. The van der Waals surface area contributed by atoms with Crippen LogP contribution in [0, 0.1) is 25.7 Å². The number of aryl methyl sites for hydroxylation is 2. The number of nitrogens with one attached hydrogen (secondary N) is 1. The van der Waals surface area contributed by atoms with Gasteiger partial charge in [0.05, 0.1) is 5.69 Å². The highest BCUT2D eigenvalue weighted by molar-refractivity contribution is 5.24. The molecule has 110 valence electrons. The van der Waals surface area contributed by atoms with Gasteiger partial charge in [0, 0.05) is 17.6 Å². The van der Waals surface area contributed by atoms with E-state index in [9.17, 15) is 0 Å². The minimum atomic E-state index is 0.300. The molecule has 0 aliphatic rings. The fraction of sp³-hybridized carbons (Fsp3) is 0.812. The largest absolute Gasteiger partial charge is 0.361 e. The van der Waals surface area contributed by atoms with E-state index in [0.717, 1.165) is 11.5 Å². The molecule has 1 atom stereocenters. The Labute approximate surface area is 118 Å². The molecule has 0 aromatic carbocycles. The Morgan fingerprint density at radius 3 is 1.89 bits per heavy atom. The highest BCUT2D eigenvalue weighted by Gasteiger charge is 2.20. The van der Waals surface area contributed by atoms with Crippen molar-refractivity contribution in [2.24, 2.45) is 11.8 Å². The third-order valence-electron chi connectivity index (χ3n) is 3.52. The Kier molecular flexibility index (Phi) is 6.05. The summed E-state index contributed by atoms with van der Waals surface area (Å²) < 4.78 is 5.27. The molecule has 0 radical (unpaired) electrons. The molecule has 19 heavy (non-hydrogen) atoms. The van der Waals surface area contributed by atoms with Gasteiger partial charge in [0.25, 0.3) is 0 Å². The third kappa shape index (κ3) is 4.98. The van der Waals surface area contributed by atoms with E-state index in [1.165, 1.54) is 18.4 Å². The Morgan fingerprint density at radius 1 is 1.00 bits per heavy atom. The van der Waals surface area contributed by atoms with Crippen LogP contribution in [0.25, 0.3) is 0 Å². The maximum Gasteiger partial charge on any atom is 0.138 e. The first-order valence-corrected chi connectivity index (χ1v) is 7.50. The lowest BCUT2D eigenvalue weighted by Gasteiger charge is -2.26. The van der Waals surface area contributed by atoms with Gasteiger partial charge in [-0.15, -0.1) is 0 Å². The zero-order valence-electron chi connectivity index (χ0n) is 13.6. The molecular weight excluding hydrogens is 236 g/mol. The normalized spacial score (nSPS) is 13.8. The van der Waals surface area contributed by atoms with E-state index in [1.807, 2.05) is 13.8 Å². The SMILES string of the molecule is Cc1noc(C)c1C(C)NC(CC(C)C)CC(C)C. The molecule has 1 rings (SSSR count). The smallest absolute Gasteiger partial charge is 0.138 e. The minimum Gasteiger partial charge on any atom is -0.361 e. The topological polar surface area (TPSA) is 38.1 Å². The Bertz CT molecular complexity index is 353. The maximum atomic E-state index is 5.27. The van der Waals surface area contributed by atoms with Crippen LogP contribution in [0.4, 0.5) is 0 Å². The van der Waals surface area contributed by atoms with Gasteiger partial charge in [0.15, 0.2) is 0 Å². The molecule has 0 amide bonds. The second kappa shape index (κ2) is 7.09. The fourth-order valence-corrected chi connectivity index (χ4v) is 2.92. The van der Waals surface area contributed by atoms with Gasteiger partial charge >= 0.3 is 0 Å². The number of nitrogens with zero attached hydrogens (tertiary/aromatic N) is 1.